The first-order valence-electron chi connectivity index (χ1n) is 5.22. The molecule has 0 radical (unpaired) electrons. The number of aromatic nitrogens is 1. The van der Waals surface area contributed by atoms with Gasteiger partial charge < -0.3 is 10.4 Å². The number of aromatic carboxylic acids is 1. The van der Waals surface area contributed by atoms with Crippen LogP contribution in [0.5, 0.6) is 0 Å². The molecule has 0 amide bonds. The van der Waals surface area contributed by atoms with Crippen molar-refractivity contribution >= 4 is 39.8 Å². The van der Waals surface area contributed by atoms with E-state index in [-0.39, 0.29) is 5.56 Å². The van der Waals surface area contributed by atoms with Crippen LogP contribution in [0.25, 0.3) is 0 Å². The van der Waals surface area contributed by atoms with Gasteiger partial charge in [0.15, 0.2) is 0 Å². The van der Waals surface area contributed by atoms with Crippen molar-refractivity contribution in [3.63, 3.8) is 0 Å². The average Bonchev–Trinajstić information content (AvgIpc) is 2.66. The molecule has 6 heteroatoms. The van der Waals surface area contributed by atoms with E-state index in [1.165, 1.54) is 0 Å². The molecule has 2 N–H and O–H groups in total. The maximum Gasteiger partial charge on any atom is 0.340 e. The highest BCUT2D eigenvalue weighted by atomic mass is 35.5. The number of carbonyl (C=O) groups is 1. The Morgan fingerprint density at radius 3 is 2.83 bits per heavy atom. The number of carboxylic acids is 1. The molecule has 2 rings (SSSR count). The van der Waals surface area contributed by atoms with Crippen LogP contribution < -0.4 is 5.32 Å². The molecule has 0 atom stereocenters. The molecule has 94 valence electrons. The maximum absolute atomic E-state index is 11.1. The van der Waals surface area contributed by atoms with Gasteiger partial charge in [-0.15, -0.1) is 0 Å². The van der Waals surface area contributed by atoms with E-state index in [4.69, 9.17) is 16.7 Å². The Bertz CT molecular complexity index is 610. The molecule has 4 nitrogen and oxygen atoms in total. The van der Waals surface area contributed by atoms with Crippen molar-refractivity contribution in [2.45, 2.75) is 13.8 Å². The molecular weight excluding hydrogens is 272 g/mol. The molecule has 1 aromatic heterocycles. The summed E-state index contributed by atoms with van der Waals surface area (Å²) in [6.07, 6.45) is 0. The quantitative estimate of drug-likeness (QED) is 0.897. The number of aryl methyl sites for hydroxylation is 1. The number of hydrogen-bond donors (Lipinski definition) is 2. The second-order valence-corrected chi connectivity index (χ2v) is 5.00. The summed E-state index contributed by atoms with van der Waals surface area (Å²) in [6.45, 7) is 3.55. The van der Waals surface area contributed by atoms with E-state index in [1.807, 2.05) is 19.1 Å². The SMILES string of the molecule is Cc1nsc(Nc2cccc(Cl)c2C)c1C(=O)O. The summed E-state index contributed by atoms with van der Waals surface area (Å²) < 4.78 is 4.05. The molecule has 0 spiro atoms. The van der Waals surface area contributed by atoms with Crippen LogP contribution in [0.3, 0.4) is 0 Å². The zero-order chi connectivity index (χ0) is 13.3. The lowest BCUT2D eigenvalue weighted by Gasteiger charge is -2.09. The molecule has 0 saturated carbocycles. The lowest BCUT2D eigenvalue weighted by Crippen LogP contribution is -2.02. The van der Waals surface area contributed by atoms with Gasteiger partial charge in [0.2, 0.25) is 0 Å². The van der Waals surface area contributed by atoms with Gasteiger partial charge >= 0.3 is 5.97 Å². The van der Waals surface area contributed by atoms with Gasteiger partial charge in [-0.25, -0.2) is 4.79 Å². The third-order valence-corrected chi connectivity index (χ3v) is 3.86. The number of halogens is 1. The molecule has 0 aliphatic heterocycles. The van der Waals surface area contributed by atoms with Gasteiger partial charge in [0.05, 0.1) is 5.69 Å². The van der Waals surface area contributed by atoms with Gasteiger partial charge in [-0.3, -0.25) is 0 Å². The van der Waals surface area contributed by atoms with Crippen molar-refractivity contribution in [3.8, 4) is 0 Å². The minimum atomic E-state index is -0.983. The van der Waals surface area contributed by atoms with E-state index >= 15 is 0 Å². The van der Waals surface area contributed by atoms with Crippen molar-refractivity contribution in [1.29, 1.82) is 0 Å². The Labute approximate surface area is 113 Å². The Balaban J connectivity index is 2.41. The van der Waals surface area contributed by atoms with Crippen LogP contribution in [0.2, 0.25) is 5.02 Å². The number of hydrogen-bond acceptors (Lipinski definition) is 4. The van der Waals surface area contributed by atoms with Crippen molar-refractivity contribution in [2.75, 3.05) is 5.32 Å². The Morgan fingerprint density at radius 1 is 1.44 bits per heavy atom. The molecule has 18 heavy (non-hydrogen) atoms. The summed E-state index contributed by atoms with van der Waals surface area (Å²) in [5.41, 5.74) is 2.38. The lowest BCUT2D eigenvalue weighted by molar-refractivity contribution is 0.0697. The first-order valence-corrected chi connectivity index (χ1v) is 6.37. The summed E-state index contributed by atoms with van der Waals surface area (Å²) in [7, 11) is 0. The molecule has 2 aromatic rings. The van der Waals surface area contributed by atoms with Crippen LogP contribution in [0.4, 0.5) is 10.7 Å². The van der Waals surface area contributed by atoms with E-state index < -0.39 is 5.97 Å². The van der Waals surface area contributed by atoms with Crippen molar-refractivity contribution in [3.05, 3.63) is 40.0 Å². The van der Waals surface area contributed by atoms with Crippen molar-refractivity contribution in [2.24, 2.45) is 0 Å². The van der Waals surface area contributed by atoms with Crippen LogP contribution in [0.1, 0.15) is 21.6 Å². The van der Waals surface area contributed by atoms with E-state index in [9.17, 15) is 4.79 Å². The molecule has 0 saturated heterocycles. The predicted molar refractivity (Wildman–Crippen MR) is 73.3 cm³/mol. The molecule has 0 aliphatic rings. The summed E-state index contributed by atoms with van der Waals surface area (Å²) in [5.74, 6) is -0.983. The largest absolute Gasteiger partial charge is 0.478 e. The van der Waals surface area contributed by atoms with E-state index in [2.05, 4.69) is 9.69 Å². The van der Waals surface area contributed by atoms with Crippen molar-refractivity contribution < 1.29 is 9.90 Å². The standard InChI is InChI=1S/C12H11ClN2O2S/c1-6-8(13)4-3-5-9(6)14-11-10(12(16)17)7(2)15-18-11/h3-5,14H,1-2H3,(H,16,17). The van der Waals surface area contributed by atoms with Gasteiger partial charge in [0.25, 0.3) is 0 Å². The van der Waals surface area contributed by atoms with Gasteiger partial charge in [0.1, 0.15) is 10.6 Å². The highest BCUT2D eigenvalue weighted by molar-refractivity contribution is 7.10. The number of anilines is 2. The topological polar surface area (TPSA) is 62.2 Å². The number of rotatable bonds is 3. The summed E-state index contributed by atoms with van der Waals surface area (Å²) in [4.78, 5) is 11.1. The normalized spacial score (nSPS) is 10.4. The highest BCUT2D eigenvalue weighted by Gasteiger charge is 2.18. The van der Waals surface area contributed by atoms with E-state index in [1.54, 1.807) is 13.0 Å². The number of nitrogens with zero attached hydrogens (tertiary/aromatic N) is 1. The first kappa shape index (κ1) is 12.9. The minimum Gasteiger partial charge on any atom is -0.478 e. The monoisotopic (exact) mass is 282 g/mol. The Hall–Kier alpha value is -1.59. The maximum atomic E-state index is 11.1. The van der Waals surface area contributed by atoms with Crippen molar-refractivity contribution in [1.82, 2.24) is 4.37 Å². The average molecular weight is 283 g/mol. The fourth-order valence-corrected chi connectivity index (χ4v) is 2.55. The summed E-state index contributed by atoms with van der Waals surface area (Å²) >= 11 is 7.15. The molecule has 0 unspecified atom stereocenters. The lowest BCUT2D eigenvalue weighted by atomic mass is 10.2. The van der Waals surface area contributed by atoms with Crippen LogP contribution >= 0.6 is 23.1 Å². The van der Waals surface area contributed by atoms with Gasteiger partial charge in [0, 0.05) is 10.7 Å². The highest BCUT2D eigenvalue weighted by Crippen LogP contribution is 2.31. The second-order valence-electron chi connectivity index (χ2n) is 3.81. The minimum absolute atomic E-state index is 0.208. The fraction of sp³-hybridized carbons (Fsp3) is 0.167. The number of nitrogens with one attached hydrogen (secondary N) is 1. The van der Waals surface area contributed by atoms with Gasteiger partial charge in [-0.05, 0) is 43.1 Å². The smallest absolute Gasteiger partial charge is 0.340 e. The summed E-state index contributed by atoms with van der Waals surface area (Å²) in [6, 6.07) is 5.45. The van der Waals surface area contributed by atoms with Crippen LogP contribution in [0.15, 0.2) is 18.2 Å². The van der Waals surface area contributed by atoms with Gasteiger partial charge in [-0.2, -0.15) is 4.37 Å². The van der Waals surface area contributed by atoms with Crippen LogP contribution in [0, 0.1) is 13.8 Å². The second kappa shape index (κ2) is 4.96. The molecule has 1 aromatic carbocycles. The van der Waals surface area contributed by atoms with Crippen LogP contribution in [-0.4, -0.2) is 15.4 Å². The summed E-state index contributed by atoms with van der Waals surface area (Å²) in [5, 5.41) is 13.4. The third-order valence-electron chi connectivity index (χ3n) is 2.59. The zero-order valence-corrected chi connectivity index (χ0v) is 11.4. The molecule has 0 aliphatic carbocycles. The fourth-order valence-electron chi connectivity index (χ4n) is 1.57. The number of benzene rings is 1. The zero-order valence-electron chi connectivity index (χ0n) is 9.82. The molecular formula is C12H11ClN2O2S. The first-order chi connectivity index (χ1) is 8.50. The van der Waals surface area contributed by atoms with Crippen LogP contribution in [-0.2, 0) is 0 Å². The number of carboxylic acid groups (broad SMARTS) is 1. The molecule has 1 heterocycles. The Morgan fingerprint density at radius 2 is 2.17 bits per heavy atom. The van der Waals surface area contributed by atoms with Gasteiger partial charge in [-0.1, -0.05) is 17.7 Å². The van der Waals surface area contributed by atoms with E-state index in [0.29, 0.717) is 15.7 Å². The van der Waals surface area contributed by atoms with E-state index in [0.717, 1.165) is 22.8 Å². The predicted octanol–water partition coefficient (Wildman–Crippen LogP) is 3.86. The molecule has 0 bridgehead atoms. The third kappa shape index (κ3) is 2.32. The molecule has 0 fully saturated rings. The Kier molecular flexibility index (Phi) is 3.54.